The number of aliphatic hydroxyl groups is 1. The SMILES string of the molecule is NC(CO)C(=O)NCCc1cccnc1. The molecule has 0 saturated carbocycles. The van der Waals surface area contributed by atoms with Crippen molar-refractivity contribution in [1.29, 1.82) is 0 Å². The first-order valence-corrected chi connectivity index (χ1v) is 4.77. The van der Waals surface area contributed by atoms with Crippen molar-refractivity contribution >= 4 is 5.91 Å². The number of nitrogens with two attached hydrogens (primary N) is 1. The maximum atomic E-state index is 11.2. The van der Waals surface area contributed by atoms with Crippen LogP contribution in [-0.4, -0.2) is 35.2 Å². The normalized spacial score (nSPS) is 12.1. The molecule has 0 fully saturated rings. The van der Waals surface area contributed by atoms with Crippen LogP contribution >= 0.6 is 0 Å². The Bertz CT molecular complexity index is 303. The van der Waals surface area contributed by atoms with Gasteiger partial charge >= 0.3 is 0 Å². The molecule has 1 amide bonds. The highest BCUT2D eigenvalue weighted by Crippen LogP contribution is 1.95. The van der Waals surface area contributed by atoms with E-state index in [1.54, 1.807) is 12.4 Å². The summed E-state index contributed by atoms with van der Waals surface area (Å²) in [7, 11) is 0. The summed E-state index contributed by atoms with van der Waals surface area (Å²) in [6, 6.07) is 2.95. The zero-order valence-corrected chi connectivity index (χ0v) is 8.39. The van der Waals surface area contributed by atoms with Gasteiger partial charge in [0.2, 0.25) is 5.91 Å². The molecule has 4 N–H and O–H groups in total. The van der Waals surface area contributed by atoms with Gasteiger partial charge in [-0.2, -0.15) is 0 Å². The Morgan fingerprint density at radius 1 is 1.67 bits per heavy atom. The van der Waals surface area contributed by atoms with Gasteiger partial charge in [0.15, 0.2) is 0 Å². The average molecular weight is 209 g/mol. The summed E-state index contributed by atoms with van der Waals surface area (Å²) in [4.78, 5) is 15.1. The Morgan fingerprint density at radius 2 is 2.47 bits per heavy atom. The van der Waals surface area contributed by atoms with Crippen LogP contribution in [0.5, 0.6) is 0 Å². The predicted octanol–water partition coefficient (Wildman–Crippen LogP) is -0.940. The third-order valence-corrected chi connectivity index (χ3v) is 1.97. The van der Waals surface area contributed by atoms with Crippen LogP contribution in [0.15, 0.2) is 24.5 Å². The highest BCUT2D eigenvalue weighted by molar-refractivity contribution is 5.81. The Morgan fingerprint density at radius 3 is 3.07 bits per heavy atom. The number of rotatable bonds is 5. The van der Waals surface area contributed by atoms with E-state index in [1.165, 1.54) is 0 Å². The van der Waals surface area contributed by atoms with Crippen molar-refractivity contribution in [3.05, 3.63) is 30.1 Å². The van der Waals surface area contributed by atoms with Crippen LogP contribution in [0.2, 0.25) is 0 Å². The molecule has 1 rings (SSSR count). The quantitative estimate of drug-likeness (QED) is 0.584. The first-order chi connectivity index (χ1) is 7.24. The fraction of sp³-hybridized carbons (Fsp3) is 0.400. The van der Waals surface area contributed by atoms with Gasteiger partial charge in [0, 0.05) is 18.9 Å². The topological polar surface area (TPSA) is 88.2 Å². The molecule has 1 aromatic rings. The van der Waals surface area contributed by atoms with Gasteiger partial charge < -0.3 is 16.2 Å². The smallest absolute Gasteiger partial charge is 0.239 e. The van der Waals surface area contributed by atoms with E-state index in [-0.39, 0.29) is 12.5 Å². The summed E-state index contributed by atoms with van der Waals surface area (Å²) >= 11 is 0. The van der Waals surface area contributed by atoms with E-state index >= 15 is 0 Å². The third-order valence-electron chi connectivity index (χ3n) is 1.97. The molecule has 0 aliphatic carbocycles. The molecule has 1 atom stereocenters. The number of carbonyl (C=O) groups is 1. The molecule has 82 valence electrons. The molecule has 0 saturated heterocycles. The fourth-order valence-corrected chi connectivity index (χ4v) is 1.09. The maximum Gasteiger partial charge on any atom is 0.239 e. The molecule has 15 heavy (non-hydrogen) atoms. The van der Waals surface area contributed by atoms with Crippen LogP contribution < -0.4 is 11.1 Å². The first-order valence-electron chi connectivity index (χ1n) is 4.77. The monoisotopic (exact) mass is 209 g/mol. The Hall–Kier alpha value is -1.46. The van der Waals surface area contributed by atoms with E-state index in [0.717, 1.165) is 5.56 Å². The van der Waals surface area contributed by atoms with Crippen molar-refractivity contribution in [3.8, 4) is 0 Å². The number of nitrogens with one attached hydrogen (secondary N) is 1. The van der Waals surface area contributed by atoms with Crippen molar-refractivity contribution in [2.75, 3.05) is 13.2 Å². The van der Waals surface area contributed by atoms with Gasteiger partial charge in [0.25, 0.3) is 0 Å². The van der Waals surface area contributed by atoms with Crippen molar-refractivity contribution in [3.63, 3.8) is 0 Å². The van der Waals surface area contributed by atoms with Crippen LogP contribution in [0, 0.1) is 0 Å². The van der Waals surface area contributed by atoms with Crippen LogP contribution in [0.4, 0.5) is 0 Å². The number of hydrogen-bond donors (Lipinski definition) is 3. The summed E-state index contributed by atoms with van der Waals surface area (Å²) in [6.07, 6.45) is 4.15. The maximum absolute atomic E-state index is 11.2. The van der Waals surface area contributed by atoms with Gasteiger partial charge in [0.1, 0.15) is 6.04 Å². The van der Waals surface area contributed by atoms with Crippen LogP contribution in [0.1, 0.15) is 5.56 Å². The lowest BCUT2D eigenvalue weighted by molar-refractivity contribution is -0.123. The number of nitrogens with zero attached hydrogens (tertiary/aromatic N) is 1. The van der Waals surface area contributed by atoms with Gasteiger partial charge in [-0.3, -0.25) is 9.78 Å². The number of aromatic nitrogens is 1. The highest BCUT2D eigenvalue weighted by atomic mass is 16.3. The second-order valence-corrected chi connectivity index (χ2v) is 3.19. The van der Waals surface area contributed by atoms with Gasteiger partial charge in [-0.1, -0.05) is 6.07 Å². The largest absolute Gasteiger partial charge is 0.394 e. The van der Waals surface area contributed by atoms with Gasteiger partial charge in [0.05, 0.1) is 6.61 Å². The summed E-state index contributed by atoms with van der Waals surface area (Å²) in [5, 5.41) is 11.3. The van der Waals surface area contributed by atoms with Gasteiger partial charge in [-0.15, -0.1) is 0 Å². The van der Waals surface area contributed by atoms with Gasteiger partial charge in [-0.25, -0.2) is 0 Å². The molecular weight excluding hydrogens is 194 g/mol. The Balaban J connectivity index is 2.25. The standard InChI is InChI=1S/C10H15N3O2/c11-9(7-14)10(15)13-5-3-8-2-1-4-12-6-8/h1-2,4,6,9,14H,3,5,7,11H2,(H,13,15). The second kappa shape index (κ2) is 6.10. The third kappa shape index (κ3) is 4.05. The van der Waals surface area contributed by atoms with Crippen molar-refractivity contribution in [2.24, 2.45) is 5.73 Å². The summed E-state index contributed by atoms with van der Waals surface area (Å²) in [5.74, 6) is -0.332. The fourth-order valence-electron chi connectivity index (χ4n) is 1.09. The van der Waals surface area contributed by atoms with Crippen molar-refractivity contribution in [1.82, 2.24) is 10.3 Å². The lowest BCUT2D eigenvalue weighted by atomic mass is 10.2. The van der Waals surface area contributed by atoms with E-state index in [1.807, 2.05) is 12.1 Å². The highest BCUT2D eigenvalue weighted by Gasteiger charge is 2.10. The second-order valence-electron chi connectivity index (χ2n) is 3.19. The number of amides is 1. The lowest BCUT2D eigenvalue weighted by Crippen LogP contribution is -2.43. The van der Waals surface area contributed by atoms with Crippen molar-refractivity contribution in [2.45, 2.75) is 12.5 Å². The molecule has 1 heterocycles. The van der Waals surface area contributed by atoms with Crippen LogP contribution in [0.25, 0.3) is 0 Å². The van der Waals surface area contributed by atoms with Gasteiger partial charge in [-0.05, 0) is 18.1 Å². The minimum absolute atomic E-state index is 0.332. The number of carbonyl (C=O) groups excluding carboxylic acids is 1. The Kier molecular flexibility index (Phi) is 4.73. The molecular formula is C10H15N3O2. The first kappa shape index (κ1) is 11.6. The minimum Gasteiger partial charge on any atom is -0.394 e. The zero-order valence-electron chi connectivity index (χ0n) is 8.39. The van der Waals surface area contributed by atoms with E-state index < -0.39 is 6.04 Å². The molecule has 5 nitrogen and oxygen atoms in total. The number of pyridine rings is 1. The molecule has 0 aliphatic heterocycles. The summed E-state index contributed by atoms with van der Waals surface area (Å²) < 4.78 is 0. The predicted molar refractivity (Wildman–Crippen MR) is 56.0 cm³/mol. The lowest BCUT2D eigenvalue weighted by Gasteiger charge is -2.08. The zero-order chi connectivity index (χ0) is 11.1. The molecule has 1 aromatic heterocycles. The van der Waals surface area contributed by atoms with E-state index in [0.29, 0.717) is 13.0 Å². The number of aliphatic hydroxyl groups excluding tert-OH is 1. The van der Waals surface area contributed by atoms with E-state index in [2.05, 4.69) is 10.3 Å². The molecule has 5 heteroatoms. The average Bonchev–Trinajstić information content (AvgIpc) is 2.29. The minimum atomic E-state index is -0.834. The molecule has 1 unspecified atom stereocenters. The summed E-state index contributed by atoms with van der Waals surface area (Å²) in [6.45, 7) is 0.164. The van der Waals surface area contributed by atoms with E-state index in [4.69, 9.17) is 10.8 Å². The molecule has 0 aromatic carbocycles. The Labute approximate surface area is 88.3 Å². The van der Waals surface area contributed by atoms with Crippen molar-refractivity contribution < 1.29 is 9.90 Å². The number of hydrogen-bond acceptors (Lipinski definition) is 4. The van der Waals surface area contributed by atoms with Crippen LogP contribution in [-0.2, 0) is 11.2 Å². The molecule has 0 bridgehead atoms. The summed E-state index contributed by atoms with van der Waals surface area (Å²) in [5.41, 5.74) is 6.37. The van der Waals surface area contributed by atoms with Crippen LogP contribution in [0.3, 0.4) is 0 Å². The molecule has 0 radical (unpaired) electrons. The molecule has 0 spiro atoms. The molecule has 0 aliphatic rings. The van der Waals surface area contributed by atoms with E-state index in [9.17, 15) is 4.79 Å².